The van der Waals surface area contributed by atoms with Crippen molar-refractivity contribution < 1.29 is 63.4 Å². The molecule has 0 fully saturated rings. The van der Waals surface area contributed by atoms with E-state index in [9.17, 15) is 9.90 Å². The fourth-order valence-electron chi connectivity index (χ4n) is 1.22. The monoisotopic (exact) mass is 452 g/mol. The van der Waals surface area contributed by atoms with Crippen molar-refractivity contribution in [2.45, 2.75) is 13.5 Å². The summed E-state index contributed by atoms with van der Waals surface area (Å²) in [7, 11) is 1.58. The zero-order valence-corrected chi connectivity index (χ0v) is 14.7. The van der Waals surface area contributed by atoms with Gasteiger partial charge in [-0.25, -0.2) is 0 Å². The van der Waals surface area contributed by atoms with Crippen LogP contribution in [0.1, 0.15) is 21.6 Å². The van der Waals surface area contributed by atoms with Crippen molar-refractivity contribution >= 4 is 6.29 Å². The largest absolute Gasteiger partial charge is 0.505 e. The minimum atomic E-state index is -0.0807. The molecule has 1 heterocycles. The van der Waals surface area contributed by atoms with Gasteiger partial charge in [-0.1, -0.05) is 0 Å². The van der Waals surface area contributed by atoms with Crippen LogP contribution in [0.5, 0.6) is 5.75 Å². The molecule has 5 nitrogen and oxygen atoms in total. The summed E-state index contributed by atoms with van der Waals surface area (Å²) < 4.78 is 10.1. The Kier molecular flexibility index (Phi) is 8.97. The molecule has 1 aromatic rings. The molecule has 0 atom stereocenters. The van der Waals surface area contributed by atoms with E-state index in [1.807, 2.05) is 0 Å². The maximum absolute atomic E-state index is 10.8. The van der Waals surface area contributed by atoms with Crippen molar-refractivity contribution in [3.05, 3.63) is 23.0 Å². The maximum atomic E-state index is 10.8. The van der Waals surface area contributed by atoms with Gasteiger partial charge in [0, 0.05) is 62.9 Å². The van der Waals surface area contributed by atoms with Crippen molar-refractivity contribution in [3.63, 3.8) is 0 Å². The van der Waals surface area contributed by atoms with E-state index in [2.05, 4.69) is 4.98 Å². The van der Waals surface area contributed by atoms with Gasteiger partial charge in [0.2, 0.25) is 0 Å². The molecule has 0 saturated heterocycles. The summed E-state index contributed by atoms with van der Waals surface area (Å²) in [6.45, 7) is 2.79. The molecule has 0 unspecified atom stereocenters. The zero-order chi connectivity index (χ0) is 12.0. The van der Waals surface area contributed by atoms with Gasteiger partial charge in [-0.2, -0.15) is 0 Å². The smallest absolute Gasteiger partial charge is 0.154 e. The molecule has 0 bridgehead atoms. The molecule has 0 saturated carbocycles. The molecule has 0 amide bonds. The predicted octanol–water partition coefficient (Wildman–Crippen LogP) is 1.07. The minimum absolute atomic E-state index is 0. The second-order valence-corrected chi connectivity index (χ2v) is 3.29. The molecule has 6 heteroatoms. The van der Waals surface area contributed by atoms with Crippen LogP contribution in [0, 0.1) is 51.0 Å². The average molecular weight is 452 g/mol. The van der Waals surface area contributed by atoms with Gasteiger partial charge in [0.1, 0.15) is 5.75 Å². The fourth-order valence-corrected chi connectivity index (χ4v) is 1.22. The van der Waals surface area contributed by atoms with Crippen molar-refractivity contribution in [1.29, 1.82) is 0 Å². The van der Waals surface area contributed by atoms with E-state index in [4.69, 9.17) is 9.47 Å². The first-order valence-corrected chi connectivity index (χ1v) is 4.90. The molecule has 0 aliphatic carbocycles. The standard InChI is InChI=1S/C11H15NO4.Ac/c1-8-11(14)10(6-13)9(5-12-8)7-16-4-3-15-2;/h5-6,14H,3-4,7H2,1-2H3;. The van der Waals surface area contributed by atoms with Crippen LogP contribution in [-0.4, -0.2) is 36.7 Å². The van der Waals surface area contributed by atoms with Gasteiger partial charge in [-0.05, 0) is 6.92 Å². The first-order chi connectivity index (χ1) is 7.70. The molecule has 1 N–H and O–H groups in total. The Morgan fingerprint density at radius 3 is 2.76 bits per heavy atom. The van der Waals surface area contributed by atoms with E-state index in [1.165, 1.54) is 6.20 Å². The molecule has 1 radical (unpaired) electrons. The van der Waals surface area contributed by atoms with Gasteiger partial charge in [-0.3, -0.25) is 9.78 Å². The van der Waals surface area contributed by atoms with Gasteiger partial charge < -0.3 is 14.6 Å². The molecule has 0 aliphatic rings. The van der Waals surface area contributed by atoms with E-state index >= 15 is 0 Å². The SMILES string of the molecule is COCCOCc1cnc(C)c(O)c1C=O.[Ac]. The van der Waals surface area contributed by atoms with Gasteiger partial charge in [0.25, 0.3) is 0 Å². The fraction of sp³-hybridized carbons (Fsp3) is 0.455. The van der Waals surface area contributed by atoms with Crippen molar-refractivity contribution in [3.8, 4) is 5.75 Å². The summed E-state index contributed by atoms with van der Waals surface area (Å²) in [5, 5.41) is 9.61. The number of hydrogen-bond donors (Lipinski definition) is 1. The van der Waals surface area contributed by atoms with Crippen LogP contribution < -0.4 is 0 Å². The van der Waals surface area contributed by atoms with E-state index in [0.29, 0.717) is 30.8 Å². The Hall–Kier alpha value is -0.0184. The molecule has 0 aliphatic heterocycles. The Morgan fingerprint density at radius 2 is 2.18 bits per heavy atom. The number of rotatable bonds is 6. The van der Waals surface area contributed by atoms with Crippen LogP contribution in [0.25, 0.3) is 0 Å². The van der Waals surface area contributed by atoms with Crippen LogP contribution in [0.15, 0.2) is 6.20 Å². The van der Waals surface area contributed by atoms with Gasteiger partial charge in [-0.15, -0.1) is 0 Å². The topological polar surface area (TPSA) is 68.7 Å². The molecule has 17 heavy (non-hydrogen) atoms. The number of methoxy groups -OCH3 is 1. The van der Waals surface area contributed by atoms with Gasteiger partial charge in [0.15, 0.2) is 6.29 Å². The zero-order valence-electron chi connectivity index (χ0n) is 9.97. The second-order valence-electron chi connectivity index (χ2n) is 3.29. The first-order valence-electron chi connectivity index (χ1n) is 4.90. The van der Waals surface area contributed by atoms with E-state index in [-0.39, 0.29) is 62.0 Å². The number of aldehydes is 1. The van der Waals surface area contributed by atoms with Crippen LogP contribution in [-0.2, 0) is 16.1 Å². The van der Waals surface area contributed by atoms with Crippen LogP contribution in [0.2, 0.25) is 0 Å². The number of carbonyl (C=O) groups excluding carboxylic acids is 1. The first kappa shape index (κ1) is 17.0. The number of aryl methyl sites for hydroxylation is 1. The Bertz CT molecular complexity index is 371. The third kappa shape index (κ3) is 5.01. The number of aromatic hydroxyl groups is 1. The Morgan fingerprint density at radius 1 is 1.47 bits per heavy atom. The van der Waals surface area contributed by atoms with E-state index in [1.54, 1.807) is 14.0 Å². The number of aromatic nitrogens is 1. The summed E-state index contributed by atoms with van der Waals surface area (Å²) in [6.07, 6.45) is 2.14. The molecule has 1 rings (SSSR count). The van der Waals surface area contributed by atoms with Gasteiger partial charge in [0.05, 0.1) is 31.1 Å². The van der Waals surface area contributed by atoms with E-state index < -0.39 is 0 Å². The quantitative estimate of drug-likeness (QED) is 0.517. The van der Waals surface area contributed by atoms with Crippen LogP contribution in [0.4, 0.5) is 0 Å². The minimum Gasteiger partial charge on any atom is -0.505 e. The summed E-state index contributed by atoms with van der Waals surface area (Å²) in [5.41, 5.74) is 1.25. The van der Waals surface area contributed by atoms with E-state index in [0.717, 1.165) is 0 Å². The summed E-state index contributed by atoms with van der Waals surface area (Å²) in [4.78, 5) is 14.8. The Balaban J connectivity index is 0.00000256. The van der Waals surface area contributed by atoms with Crippen molar-refractivity contribution in [2.75, 3.05) is 20.3 Å². The third-order valence-electron chi connectivity index (χ3n) is 2.17. The number of hydrogen-bond acceptors (Lipinski definition) is 5. The summed E-state index contributed by atoms with van der Waals surface area (Å²) in [5.74, 6) is -0.0807. The second kappa shape index (κ2) is 8.98. The average Bonchev–Trinajstić information content (AvgIpc) is 2.29. The van der Waals surface area contributed by atoms with Crippen LogP contribution in [0.3, 0.4) is 0 Å². The van der Waals surface area contributed by atoms with Crippen LogP contribution >= 0.6 is 0 Å². The molecule has 0 aromatic carbocycles. The molecule has 1 aromatic heterocycles. The number of pyridine rings is 1. The van der Waals surface area contributed by atoms with Gasteiger partial charge >= 0.3 is 0 Å². The predicted molar refractivity (Wildman–Crippen MR) is 57.6 cm³/mol. The summed E-state index contributed by atoms with van der Waals surface area (Å²) >= 11 is 0. The molecular weight excluding hydrogens is 437 g/mol. The molecule has 91 valence electrons. The molecular formula is C11H15AcNO4. The number of nitrogens with zero attached hydrogens (tertiary/aromatic N) is 1. The Labute approximate surface area is 136 Å². The maximum Gasteiger partial charge on any atom is 0.154 e. The normalized spacial score (nSPS) is 9.76. The summed E-state index contributed by atoms with van der Waals surface area (Å²) in [6, 6.07) is 0. The third-order valence-corrected chi connectivity index (χ3v) is 2.17. The van der Waals surface area contributed by atoms with Crippen molar-refractivity contribution in [2.24, 2.45) is 0 Å². The molecule has 0 spiro atoms. The number of ether oxygens (including phenoxy) is 2. The number of carbonyl (C=O) groups is 1. The van der Waals surface area contributed by atoms with Crippen molar-refractivity contribution in [1.82, 2.24) is 4.98 Å².